The van der Waals surface area contributed by atoms with Gasteiger partial charge in [-0.1, -0.05) is 30.3 Å². The first-order valence-electron chi connectivity index (χ1n) is 8.01. The normalized spacial score (nSPS) is 16.7. The highest BCUT2D eigenvalue weighted by molar-refractivity contribution is 7.92. The summed E-state index contributed by atoms with van der Waals surface area (Å²) in [7, 11) is -3.76. The van der Waals surface area contributed by atoms with Gasteiger partial charge in [-0.3, -0.25) is 9.10 Å². The summed E-state index contributed by atoms with van der Waals surface area (Å²) in [5, 5.41) is 0. The fraction of sp³-hybridized carbons (Fsp3) is 0.278. The van der Waals surface area contributed by atoms with Gasteiger partial charge in [0.1, 0.15) is 11.9 Å². The molecule has 25 heavy (non-hydrogen) atoms. The minimum Gasteiger partial charge on any atom is -0.486 e. The van der Waals surface area contributed by atoms with Gasteiger partial charge >= 0.3 is 5.97 Å². The molecule has 1 aliphatic rings. The van der Waals surface area contributed by atoms with Crippen LogP contribution in [0.5, 0.6) is 5.75 Å². The van der Waals surface area contributed by atoms with Crippen molar-refractivity contribution < 1.29 is 22.7 Å². The van der Waals surface area contributed by atoms with Crippen LogP contribution in [0, 0.1) is 0 Å². The van der Waals surface area contributed by atoms with E-state index in [2.05, 4.69) is 0 Å². The first kappa shape index (κ1) is 17.3. The first-order chi connectivity index (χ1) is 12.0. The molecule has 1 atom stereocenters. The van der Waals surface area contributed by atoms with Crippen LogP contribution in [0.2, 0.25) is 0 Å². The third kappa shape index (κ3) is 3.61. The minimum atomic E-state index is -3.76. The Morgan fingerprint density at radius 2 is 1.84 bits per heavy atom. The maximum absolute atomic E-state index is 13.1. The van der Waals surface area contributed by atoms with Crippen molar-refractivity contribution in [3.8, 4) is 5.75 Å². The number of esters is 1. The van der Waals surface area contributed by atoms with Crippen LogP contribution in [0.15, 0.2) is 59.5 Å². The molecule has 0 aliphatic carbocycles. The molecule has 2 aromatic rings. The highest BCUT2D eigenvalue weighted by atomic mass is 32.2. The summed E-state index contributed by atoms with van der Waals surface area (Å²) in [5.41, 5.74) is 0.464. The topological polar surface area (TPSA) is 72.9 Å². The largest absolute Gasteiger partial charge is 0.486 e. The molecule has 3 rings (SSSR count). The van der Waals surface area contributed by atoms with Gasteiger partial charge in [-0.15, -0.1) is 0 Å². The van der Waals surface area contributed by atoms with Crippen molar-refractivity contribution in [2.75, 3.05) is 17.5 Å². The molecule has 6 nitrogen and oxygen atoms in total. The quantitative estimate of drug-likeness (QED) is 0.766. The SMILES string of the molecule is CCOC(=O)C[C@H]1CN(S(=O)(=O)c2ccccc2)c2ccccc2O1. The Morgan fingerprint density at radius 1 is 1.16 bits per heavy atom. The van der Waals surface area contributed by atoms with Crippen LogP contribution in [0.1, 0.15) is 13.3 Å². The number of nitrogens with zero attached hydrogens (tertiary/aromatic N) is 1. The van der Waals surface area contributed by atoms with E-state index in [1.165, 1.54) is 4.31 Å². The summed E-state index contributed by atoms with van der Waals surface area (Å²) in [6.45, 7) is 2.04. The summed E-state index contributed by atoms with van der Waals surface area (Å²) in [5.74, 6) is 0.0199. The van der Waals surface area contributed by atoms with Gasteiger partial charge in [-0.05, 0) is 31.2 Å². The van der Waals surface area contributed by atoms with Crippen LogP contribution < -0.4 is 9.04 Å². The van der Waals surface area contributed by atoms with E-state index < -0.39 is 22.1 Å². The fourth-order valence-corrected chi connectivity index (χ4v) is 4.25. The van der Waals surface area contributed by atoms with E-state index in [0.717, 1.165) is 0 Å². The van der Waals surface area contributed by atoms with Crippen LogP contribution in [0.25, 0.3) is 0 Å². The second-order valence-corrected chi connectivity index (χ2v) is 7.43. The zero-order valence-electron chi connectivity index (χ0n) is 13.8. The number of sulfonamides is 1. The second-order valence-electron chi connectivity index (χ2n) is 5.57. The van der Waals surface area contributed by atoms with Gasteiger partial charge in [0.25, 0.3) is 10.0 Å². The van der Waals surface area contributed by atoms with Crippen molar-refractivity contribution in [2.45, 2.75) is 24.3 Å². The Hall–Kier alpha value is -2.54. The van der Waals surface area contributed by atoms with Crippen molar-refractivity contribution >= 4 is 21.7 Å². The van der Waals surface area contributed by atoms with Crippen molar-refractivity contribution in [1.82, 2.24) is 0 Å². The minimum absolute atomic E-state index is 0.0109. The maximum Gasteiger partial charge on any atom is 0.309 e. The highest BCUT2D eigenvalue weighted by Crippen LogP contribution is 2.37. The van der Waals surface area contributed by atoms with Gasteiger partial charge < -0.3 is 9.47 Å². The number of hydrogen-bond donors (Lipinski definition) is 0. The lowest BCUT2D eigenvalue weighted by atomic mass is 10.2. The molecule has 2 aromatic carbocycles. The molecule has 1 heterocycles. The molecule has 7 heteroatoms. The molecule has 0 saturated carbocycles. The average molecular weight is 361 g/mol. The molecule has 0 amide bonds. The van der Waals surface area contributed by atoms with Gasteiger partial charge in [0.15, 0.2) is 0 Å². The molecular formula is C18H19NO5S. The number of carbonyl (C=O) groups excluding carboxylic acids is 1. The Balaban J connectivity index is 1.96. The molecule has 0 bridgehead atoms. The molecule has 0 spiro atoms. The van der Waals surface area contributed by atoms with Gasteiger partial charge in [0.2, 0.25) is 0 Å². The van der Waals surface area contributed by atoms with Crippen LogP contribution in [-0.2, 0) is 19.6 Å². The lowest BCUT2D eigenvalue weighted by molar-refractivity contribution is -0.144. The molecule has 0 unspecified atom stereocenters. The molecule has 0 fully saturated rings. The zero-order valence-corrected chi connectivity index (χ0v) is 14.6. The van der Waals surface area contributed by atoms with Gasteiger partial charge in [-0.25, -0.2) is 8.42 Å². The first-order valence-corrected chi connectivity index (χ1v) is 9.45. The van der Waals surface area contributed by atoms with E-state index in [0.29, 0.717) is 11.4 Å². The van der Waals surface area contributed by atoms with Crippen LogP contribution in [0.3, 0.4) is 0 Å². The van der Waals surface area contributed by atoms with E-state index in [-0.39, 0.29) is 24.5 Å². The summed E-state index contributed by atoms with van der Waals surface area (Å²) >= 11 is 0. The number of rotatable bonds is 5. The Bertz CT molecular complexity index is 851. The van der Waals surface area contributed by atoms with Gasteiger partial charge in [0.05, 0.1) is 30.2 Å². The van der Waals surface area contributed by atoms with Crippen LogP contribution >= 0.6 is 0 Å². The van der Waals surface area contributed by atoms with Gasteiger partial charge in [-0.2, -0.15) is 0 Å². The summed E-state index contributed by atoms with van der Waals surface area (Å²) in [4.78, 5) is 12.0. The number of hydrogen-bond acceptors (Lipinski definition) is 5. The van der Waals surface area contributed by atoms with E-state index in [4.69, 9.17) is 9.47 Å². The average Bonchev–Trinajstić information content (AvgIpc) is 2.62. The second kappa shape index (κ2) is 7.14. The zero-order chi connectivity index (χ0) is 17.9. The summed E-state index contributed by atoms with van der Waals surface area (Å²) in [6.07, 6.45) is -0.615. The smallest absolute Gasteiger partial charge is 0.309 e. The number of fused-ring (bicyclic) bond motifs is 1. The number of para-hydroxylation sites is 2. The van der Waals surface area contributed by atoms with E-state index in [9.17, 15) is 13.2 Å². The number of carbonyl (C=O) groups is 1. The van der Waals surface area contributed by atoms with Crippen molar-refractivity contribution in [1.29, 1.82) is 0 Å². The van der Waals surface area contributed by atoms with E-state index in [1.807, 2.05) is 0 Å². The third-order valence-corrected chi connectivity index (χ3v) is 5.62. The molecule has 0 saturated heterocycles. The van der Waals surface area contributed by atoms with Crippen molar-refractivity contribution in [3.63, 3.8) is 0 Å². The van der Waals surface area contributed by atoms with Crippen LogP contribution in [0.4, 0.5) is 5.69 Å². The van der Waals surface area contributed by atoms with E-state index in [1.54, 1.807) is 61.5 Å². The van der Waals surface area contributed by atoms with Crippen LogP contribution in [-0.4, -0.2) is 33.6 Å². The summed E-state index contributed by atoms with van der Waals surface area (Å²) in [6, 6.07) is 15.1. The highest BCUT2D eigenvalue weighted by Gasteiger charge is 2.35. The maximum atomic E-state index is 13.1. The number of ether oxygens (including phenoxy) is 2. The number of anilines is 1. The van der Waals surface area contributed by atoms with Crippen molar-refractivity contribution in [3.05, 3.63) is 54.6 Å². The number of benzene rings is 2. The van der Waals surface area contributed by atoms with Gasteiger partial charge in [0, 0.05) is 0 Å². The molecule has 0 radical (unpaired) electrons. The Labute approximate surface area is 147 Å². The molecule has 132 valence electrons. The monoisotopic (exact) mass is 361 g/mol. The lowest BCUT2D eigenvalue weighted by Crippen LogP contribution is -2.44. The van der Waals surface area contributed by atoms with E-state index >= 15 is 0 Å². The predicted octanol–water partition coefficient (Wildman–Crippen LogP) is 2.60. The third-order valence-electron chi connectivity index (χ3n) is 3.83. The molecule has 0 N–H and O–H groups in total. The molecular weight excluding hydrogens is 342 g/mol. The molecule has 0 aromatic heterocycles. The Morgan fingerprint density at radius 3 is 2.56 bits per heavy atom. The summed E-state index contributed by atoms with van der Waals surface area (Å²) < 4.78 is 38.2. The molecule has 1 aliphatic heterocycles. The lowest BCUT2D eigenvalue weighted by Gasteiger charge is -2.35. The predicted molar refractivity (Wildman–Crippen MR) is 93.1 cm³/mol. The fourth-order valence-electron chi connectivity index (χ4n) is 2.72. The standard InChI is InChI=1S/C18H19NO5S/c1-2-23-18(20)12-14-13-19(16-10-6-7-11-17(16)24-14)25(21,22)15-8-4-3-5-9-15/h3-11,14H,2,12-13H2,1H3/t14-/m0/s1. The van der Waals surface area contributed by atoms with Crippen molar-refractivity contribution in [2.24, 2.45) is 0 Å². The Kier molecular flexibility index (Phi) is 4.94.